The van der Waals surface area contributed by atoms with Gasteiger partial charge in [-0.25, -0.2) is 4.98 Å². The van der Waals surface area contributed by atoms with E-state index in [0.29, 0.717) is 40.2 Å². The van der Waals surface area contributed by atoms with Crippen molar-refractivity contribution in [2.24, 2.45) is 10.2 Å². The quantitative estimate of drug-likeness (QED) is 0.493. The first-order valence-electron chi connectivity index (χ1n) is 7.22. The minimum atomic E-state index is 0. The van der Waals surface area contributed by atoms with Gasteiger partial charge in [0.1, 0.15) is 17.2 Å². The number of nitrogens with zero attached hydrogens (tertiary/aromatic N) is 3. The number of halogens is 1. The van der Waals surface area contributed by atoms with Crippen molar-refractivity contribution < 1.29 is 9.47 Å². The molecular weight excluding hydrogens is 342 g/mol. The molecule has 126 valence electrons. The van der Waals surface area contributed by atoms with Gasteiger partial charge in [-0.2, -0.15) is 0 Å². The van der Waals surface area contributed by atoms with Crippen LogP contribution in [0.5, 0.6) is 23.0 Å². The minimum absolute atomic E-state index is 0. The van der Waals surface area contributed by atoms with Gasteiger partial charge in [-0.3, -0.25) is 0 Å². The second kappa shape index (κ2) is 6.66. The fourth-order valence-corrected chi connectivity index (χ4v) is 2.29. The highest BCUT2D eigenvalue weighted by atomic mass is 35.5. The van der Waals surface area contributed by atoms with Crippen molar-refractivity contribution in [1.82, 2.24) is 4.98 Å². The van der Waals surface area contributed by atoms with Gasteiger partial charge >= 0.3 is 0 Å². The molecule has 0 amide bonds. The predicted molar refractivity (Wildman–Crippen MR) is 97.5 cm³/mol. The van der Waals surface area contributed by atoms with Crippen molar-refractivity contribution in [3.8, 4) is 23.0 Å². The Bertz CT molecular complexity index is 962. The number of anilines is 2. The van der Waals surface area contributed by atoms with Gasteiger partial charge in [0.05, 0.1) is 0 Å². The fourth-order valence-electron chi connectivity index (χ4n) is 2.29. The maximum atomic E-state index is 5.90. The molecule has 2 heterocycles. The molecule has 0 fully saturated rings. The summed E-state index contributed by atoms with van der Waals surface area (Å²) in [5.41, 5.74) is 12.3. The molecule has 1 aliphatic rings. The predicted octanol–water partition coefficient (Wildman–Crippen LogP) is 4.98. The van der Waals surface area contributed by atoms with Gasteiger partial charge in [-0.1, -0.05) is 18.2 Å². The fraction of sp³-hybridized carbons (Fsp3) is 0. The minimum Gasteiger partial charge on any atom is -0.449 e. The second-order valence-corrected chi connectivity index (χ2v) is 5.10. The van der Waals surface area contributed by atoms with Gasteiger partial charge in [0.2, 0.25) is 0 Å². The van der Waals surface area contributed by atoms with Crippen molar-refractivity contribution in [2.75, 3.05) is 11.5 Å². The maximum Gasteiger partial charge on any atom is 0.197 e. The number of azo groups is 1. The molecule has 3 aromatic rings. The number of nitrogens with two attached hydrogens (primary N) is 2. The first-order chi connectivity index (χ1) is 11.7. The first kappa shape index (κ1) is 16.5. The van der Waals surface area contributed by atoms with Gasteiger partial charge in [0, 0.05) is 0 Å². The Hall–Kier alpha value is -3.32. The average Bonchev–Trinajstić information content (AvgIpc) is 2.59. The van der Waals surface area contributed by atoms with Gasteiger partial charge in [0.25, 0.3) is 0 Å². The van der Waals surface area contributed by atoms with Crippen LogP contribution in [0.1, 0.15) is 0 Å². The smallest absolute Gasteiger partial charge is 0.197 e. The van der Waals surface area contributed by atoms with Crippen molar-refractivity contribution in [2.45, 2.75) is 0 Å². The number of nitrogen functional groups attached to an aromatic ring is 2. The third kappa shape index (κ3) is 3.17. The lowest BCUT2D eigenvalue weighted by molar-refractivity contribution is 0.360. The number of rotatable bonds is 2. The molecule has 25 heavy (non-hydrogen) atoms. The molecule has 0 spiro atoms. The zero-order chi connectivity index (χ0) is 16.5. The van der Waals surface area contributed by atoms with E-state index in [1.54, 1.807) is 18.2 Å². The molecule has 0 unspecified atom stereocenters. The molecule has 0 saturated heterocycles. The van der Waals surface area contributed by atoms with Crippen LogP contribution in [-0.4, -0.2) is 4.98 Å². The number of pyridine rings is 1. The van der Waals surface area contributed by atoms with Gasteiger partial charge in [-0.05, 0) is 36.4 Å². The van der Waals surface area contributed by atoms with E-state index in [-0.39, 0.29) is 18.2 Å². The summed E-state index contributed by atoms with van der Waals surface area (Å²) in [6, 6.07) is 16.1. The summed E-state index contributed by atoms with van der Waals surface area (Å²) < 4.78 is 11.7. The maximum absolute atomic E-state index is 5.90. The van der Waals surface area contributed by atoms with Crippen LogP contribution in [0.2, 0.25) is 0 Å². The molecule has 4 N–H and O–H groups in total. The summed E-state index contributed by atoms with van der Waals surface area (Å²) in [4.78, 5) is 3.95. The number of aromatic nitrogens is 1. The molecule has 1 aromatic heterocycles. The summed E-state index contributed by atoms with van der Waals surface area (Å²) in [7, 11) is 0. The molecular formula is C17H14ClN5O2. The molecule has 8 heteroatoms. The number of hydrogen-bond donors (Lipinski definition) is 2. The van der Waals surface area contributed by atoms with Gasteiger partial charge in [0.15, 0.2) is 28.8 Å². The molecule has 4 rings (SSSR count). The van der Waals surface area contributed by atoms with Gasteiger partial charge < -0.3 is 20.9 Å². The zero-order valence-electron chi connectivity index (χ0n) is 12.9. The lowest BCUT2D eigenvalue weighted by Crippen LogP contribution is -1.98. The molecule has 1 aliphatic heterocycles. The monoisotopic (exact) mass is 355 g/mol. The van der Waals surface area contributed by atoms with E-state index in [1.807, 2.05) is 36.4 Å². The number of para-hydroxylation sites is 3. The van der Waals surface area contributed by atoms with Crippen LogP contribution in [-0.2, 0) is 0 Å². The van der Waals surface area contributed by atoms with Crippen molar-refractivity contribution in [3.05, 3.63) is 54.6 Å². The average molecular weight is 356 g/mol. The second-order valence-electron chi connectivity index (χ2n) is 5.10. The van der Waals surface area contributed by atoms with Crippen LogP contribution in [0.3, 0.4) is 0 Å². The van der Waals surface area contributed by atoms with Crippen LogP contribution in [0.4, 0.5) is 23.0 Å². The molecule has 2 aromatic carbocycles. The summed E-state index contributed by atoms with van der Waals surface area (Å²) in [5, 5.41) is 8.34. The van der Waals surface area contributed by atoms with Crippen LogP contribution in [0, 0.1) is 0 Å². The van der Waals surface area contributed by atoms with Crippen molar-refractivity contribution >= 4 is 35.4 Å². The molecule has 0 saturated carbocycles. The molecule has 0 atom stereocenters. The third-order valence-corrected chi connectivity index (χ3v) is 3.43. The van der Waals surface area contributed by atoms with E-state index in [2.05, 4.69) is 15.2 Å². The molecule has 0 bridgehead atoms. The highest BCUT2D eigenvalue weighted by molar-refractivity contribution is 5.85. The van der Waals surface area contributed by atoms with E-state index in [9.17, 15) is 0 Å². The highest BCUT2D eigenvalue weighted by Crippen LogP contribution is 2.49. The SMILES string of the molecule is Cl.Nc1ccc(N=Nc2cccc3c2Oc2ccccc2O3)c(N)n1. The number of ether oxygens (including phenoxy) is 2. The topological polar surface area (TPSA) is 108 Å². The van der Waals surface area contributed by atoms with E-state index >= 15 is 0 Å². The Morgan fingerprint density at radius 1 is 0.720 bits per heavy atom. The summed E-state index contributed by atoms with van der Waals surface area (Å²) in [6.07, 6.45) is 0. The largest absolute Gasteiger partial charge is 0.449 e. The zero-order valence-corrected chi connectivity index (χ0v) is 13.7. The van der Waals surface area contributed by atoms with E-state index in [1.165, 1.54) is 0 Å². The Morgan fingerprint density at radius 3 is 2.16 bits per heavy atom. The Kier molecular flexibility index (Phi) is 4.40. The lowest BCUT2D eigenvalue weighted by atomic mass is 10.2. The highest BCUT2D eigenvalue weighted by Gasteiger charge is 2.21. The van der Waals surface area contributed by atoms with Gasteiger partial charge in [-0.15, -0.1) is 22.6 Å². The standard InChI is InChI=1S/C17H13N5O2.ClH/c18-15-9-8-11(17(19)20-15)22-21-10-4-3-7-14-16(10)24-13-6-2-1-5-12(13)23-14;/h1-9H,(H4,18,19,20);1H. The number of fused-ring (bicyclic) bond motifs is 2. The van der Waals surface area contributed by atoms with Crippen LogP contribution in [0.25, 0.3) is 0 Å². The van der Waals surface area contributed by atoms with E-state index in [0.717, 1.165) is 0 Å². The van der Waals surface area contributed by atoms with Crippen LogP contribution in [0.15, 0.2) is 64.8 Å². The Morgan fingerprint density at radius 2 is 1.40 bits per heavy atom. The summed E-state index contributed by atoms with van der Waals surface area (Å²) in [6.45, 7) is 0. The normalized spacial score (nSPS) is 11.7. The van der Waals surface area contributed by atoms with Crippen LogP contribution >= 0.6 is 12.4 Å². The number of benzene rings is 2. The molecule has 7 nitrogen and oxygen atoms in total. The third-order valence-electron chi connectivity index (χ3n) is 3.43. The summed E-state index contributed by atoms with van der Waals surface area (Å²) >= 11 is 0. The Balaban J connectivity index is 0.00000182. The van der Waals surface area contributed by atoms with Crippen molar-refractivity contribution in [1.29, 1.82) is 0 Å². The Labute approximate surface area is 149 Å². The summed E-state index contributed by atoms with van der Waals surface area (Å²) in [5.74, 6) is 2.91. The van der Waals surface area contributed by atoms with E-state index < -0.39 is 0 Å². The first-order valence-corrected chi connectivity index (χ1v) is 7.22. The number of hydrogen-bond acceptors (Lipinski definition) is 7. The molecule has 0 aliphatic carbocycles. The van der Waals surface area contributed by atoms with Crippen molar-refractivity contribution in [3.63, 3.8) is 0 Å². The van der Waals surface area contributed by atoms with E-state index in [4.69, 9.17) is 20.9 Å². The van der Waals surface area contributed by atoms with Crippen LogP contribution < -0.4 is 20.9 Å². The lowest BCUT2D eigenvalue weighted by Gasteiger charge is -2.20. The molecule has 0 radical (unpaired) electrons.